The Bertz CT molecular complexity index is 361. The van der Waals surface area contributed by atoms with Crippen LogP contribution in [0.1, 0.15) is 10.4 Å². The van der Waals surface area contributed by atoms with E-state index in [0.29, 0.717) is 16.9 Å². The molecule has 7 heteroatoms. The maximum Gasteiger partial charge on any atom is 0.425 e. The van der Waals surface area contributed by atoms with Crippen molar-refractivity contribution in [1.29, 1.82) is 0 Å². The number of halogens is 3. The fourth-order valence-corrected chi connectivity index (χ4v) is 1.77. The lowest BCUT2D eigenvalue weighted by Crippen LogP contribution is -2.32. The van der Waals surface area contributed by atoms with Gasteiger partial charge in [-0.3, -0.25) is 4.79 Å². The van der Waals surface area contributed by atoms with Crippen molar-refractivity contribution >= 4 is 17.3 Å². The largest absolute Gasteiger partial charge is 0.480 e. The Morgan fingerprint density at radius 3 is 2.60 bits per heavy atom. The second-order valence-electron chi connectivity index (χ2n) is 2.97. The van der Waals surface area contributed by atoms with Crippen molar-refractivity contribution in [3.05, 3.63) is 21.9 Å². The van der Waals surface area contributed by atoms with Gasteiger partial charge >= 0.3 is 12.1 Å². The van der Waals surface area contributed by atoms with Crippen LogP contribution in [0, 0.1) is 0 Å². The van der Waals surface area contributed by atoms with E-state index in [9.17, 15) is 18.0 Å². The monoisotopic (exact) mass is 239 g/mol. The van der Waals surface area contributed by atoms with Gasteiger partial charge in [0.05, 0.1) is 0 Å². The number of hydrogen-bond donors (Lipinski definition) is 2. The molecular formula is C8H8F3NO2S. The number of alkyl halides is 3. The number of thiophene rings is 1. The van der Waals surface area contributed by atoms with Crippen LogP contribution in [0.25, 0.3) is 0 Å². The van der Waals surface area contributed by atoms with Gasteiger partial charge in [0.2, 0.25) is 0 Å². The van der Waals surface area contributed by atoms with Crippen LogP contribution in [0.5, 0.6) is 0 Å². The Morgan fingerprint density at radius 1 is 1.60 bits per heavy atom. The quantitative estimate of drug-likeness (QED) is 0.844. The number of hydrogen-bond acceptors (Lipinski definition) is 3. The summed E-state index contributed by atoms with van der Waals surface area (Å²) in [5.74, 6) is -1.23. The van der Waals surface area contributed by atoms with E-state index in [1.807, 2.05) is 0 Å². The fraction of sp³-hybridized carbons (Fsp3) is 0.375. The Labute approximate surface area is 87.3 Å². The number of carboxylic acid groups (broad SMARTS) is 1. The maximum absolute atomic E-state index is 12.2. The molecule has 3 nitrogen and oxygen atoms in total. The van der Waals surface area contributed by atoms with Gasteiger partial charge in [-0.1, -0.05) is 0 Å². The Balaban J connectivity index is 2.73. The van der Waals surface area contributed by atoms with Gasteiger partial charge in [0.15, 0.2) is 0 Å². The van der Waals surface area contributed by atoms with Gasteiger partial charge < -0.3 is 10.8 Å². The highest BCUT2D eigenvalue weighted by atomic mass is 32.1. The predicted octanol–water partition coefficient (Wildman–Crippen LogP) is 1.72. The molecule has 84 valence electrons. The molecule has 0 saturated carbocycles. The van der Waals surface area contributed by atoms with Crippen molar-refractivity contribution in [2.45, 2.75) is 18.6 Å². The van der Waals surface area contributed by atoms with Gasteiger partial charge in [-0.2, -0.15) is 13.2 Å². The van der Waals surface area contributed by atoms with Crippen LogP contribution in [0.2, 0.25) is 0 Å². The molecule has 0 amide bonds. The molecule has 0 radical (unpaired) electrons. The summed E-state index contributed by atoms with van der Waals surface area (Å²) < 4.78 is 36.5. The van der Waals surface area contributed by atoms with Gasteiger partial charge in [-0.15, -0.1) is 11.3 Å². The van der Waals surface area contributed by atoms with Crippen LogP contribution < -0.4 is 5.73 Å². The smallest absolute Gasteiger partial charge is 0.425 e. The normalized spacial score (nSPS) is 13.9. The first-order valence-corrected chi connectivity index (χ1v) is 4.81. The van der Waals surface area contributed by atoms with Crippen molar-refractivity contribution in [3.8, 4) is 0 Å². The summed E-state index contributed by atoms with van der Waals surface area (Å²) in [6, 6.07) is -0.242. The van der Waals surface area contributed by atoms with E-state index in [1.165, 1.54) is 5.38 Å². The molecule has 0 aromatic carbocycles. The molecule has 0 aliphatic carbocycles. The molecule has 1 aromatic heterocycles. The second-order valence-corrected chi connectivity index (χ2v) is 3.88. The van der Waals surface area contributed by atoms with E-state index in [4.69, 9.17) is 10.8 Å². The van der Waals surface area contributed by atoms with Crippen molar-refractivity contribution in [2.75, 3.05) is 0 Å². The van der Waals surface area contributed by atoms with Crippen LogP contribution >= 0.6 is 11.3 Å². The summed E-state index contributed by atoms with van der Waals surface area (Å²) in [5, 5.41) is 9.74. The third-order valence-corrected chi connectivity index (χ3v) is 2.73. The number of aliphatic carboxylic acids is 1. The van der Waals surface area contributed by atoms with E-state index >= 15 is 0 Å². The van der Waals surface area contributed by atoms with Crippen LogP contribution in [0.15, 0.2) is 11.4 Å². The van der Waals surface area contributed by atoms with Crippen LogP contribution in [-0.4, -0.2) is 17.1 Å². The Hall–Kier alpha value is -1.08. The van der Waals surface area contributed by atoms with E-state index in [1.54, 1.807) is 0 Å². The highest BCUT2D eigenvalue weighted by Crippen LogP contribution is 2.34. The minimum Gasteiger partial charge on any atom is -0.480 e. The Kier molecular flexibility index (Phi) is 3.35. The molecule has 0 bridgehead atoms. The third kappa shape index (κ3) is 3.21. The molecule has 0 aliphatic heterocycles. The minimum absolute atomic E-state index is 0.0953. The standard InChI is InChI=1S/C8H8F3NO2S/c9-8(10,11)6-2-4(3-15-6)1-5(12)7(13)14/h2-3,5H,1,12H2,(H,13,14). The molecule has 0 fully saturated rings. The molecule has 1 heterocycles. The molecule has 1 aromatic rings. The SMILES string of the molecule is NC(Cc1csc(C(F)(F)F)c1)C(=O)O. The predicted molar refractivity (Wildman–Crippen MR) is 48.6 cm³/mol. The third-order valence-electron chi connectivity index (χ3n) is 1.71. The lowest BCUT2D eigenvalue weighted by molar-refractivity contribution is -0.138. The molecule has 1 rings (SSSR count). The molecule has 3 N–H and O–H groups in total. The second kappa shape index (κ2) is 4.19. The number of carbonyl (C=O) groups is 1. The highest BCUT2D eigenvalue weighted by molar-refractivity contribution is 7.10. The van der Waals surface area contributed by atoms with Gasteiger partial charge in [0.1, 0.15) is 10.9 Å². The van der Waals surface area contributed by atoms with E-state index in [-0.39, 0.29) is 6.42 Å². The molecule has 15 heavy (non-hydrogen) atoms. The van der Waals surface area contributed by atoms with E-state index < -0.39 is 23.1 Å². The number of rotatable bonds is 3. The first-order chi connectivity index (χ1) is 6.80. The van der Waals surface area contributed by atoms with Gasteiger partial charge in [0, 0.05) is 0 Å². The first kappa shape index (κ1) is 12.0. The summed E-state index contributed by atoms with van der Waals surface area (Å²) in [4.78, 5) is 9.62. The average Bonchev–Trinajstić information content (AvgIpc) is 2.51. The lowest BCUT2D eigenvalue weighted by Gasteiger charge is -2.03. The summed E-state index contributed by atoms with van der Waals surface area (Å²) >= 11 is 0.537. The molecule has 0 saturated heterocycles. The Morgan fingerprint density at radius 2 is 2.20 bits per heavy atom. The van der Waals surface area contributed by atoms with Crippen LogP contribution in [0.4, 0.5) is 13.2 Å². The number of carboxylic acids is 1. The topological polar surface area (TPSA) is 63.3 Å². The van der Waals surface area contributed by atoms with Crippen LogP contribution in [-0.2, 0) is 17.4 Å². The zero-order valence-corrected chi connectivity index (χ0v) is 8.23. The van der Waals surface area contributed by atoms with Crippen molar-refractivity contribution < 1.29 is 23.1 Å². The van der Waals surface area contributed by atoms with Gasteiger partial charge in [-0.05, 0) is 23.4 Å². The molecule has 0 spiro atoms. The lowest BCUT2D eigenvalue weighted by atomic mass is 10.1. The van der Waals surface area contributed by atoms with Crippen molar-refractivity contribution in [1.82, 2.24) is 0 Å². The maximum atomic E-state index is 12.2. The molecule has 1 atom stereocenters. The first-order valence-electron chi connectivity index (χ1n) is 3.93. The summed E-state index contributed by atoms with van der Waals surface area (Å²) in [5.41, 5.74) is 5.48. The summed E-state index contributed by atoms with van der Waals surface area (Å²) in [6.07, 6.45) is -4.47. The van der Waals surface area contributed by atoms with Crippen molar-refractivity contribution in [3.63, 3.8) is 0 Å². The molecule has 1 unspecified atom stereocenters. The summed E-state index contributed by atoms with van der Waals surface area (Å²) in [7, 11) is 0. The minimum atomic E-state index is -4.38. The molecular weight excluding hydrogens is 231 g/mol. The van der Waals surface area contributed by atoms with E-state index in [2.05, 4.69) is 0 Å². The fourth-order valence-electron chi connectivity index (χ4n) is 0.973. The van der Waals surface area contributed by atoms with Gasteiger partial charge in [-0.25, -0.2) is 0 Å². The van der Waals surface area contributed by atoms with Crippen molar-refractivity contribution in [2.24, 2.45) is 5.73 Å². The molecule has 0 aliphatic rings. The summed E-state index contributed by atoms with van der Waals surface area (Å²) in [6.45, 7) is 0. The number of nitrogens with two attached hydrogens (primary N) is 1. The average molecular weight is 239 g/mol. The van der Waals surface area contributed by atoms with Gasteiger partial charge in [0.25, 0.3) is 0 Å². The van der Waals surface area contributed by atoms with E-state index in [0.717, 1.165) is 6.07 Å². The van der Waals surface area contributed by atoms with Crippen LogP contribution in [0.3, 0.4) is 0 Å². The highest BCUT2D eigenvalue weighted by Gasteiger charge is 2.32. The zero-order chi connectivity index (χ0) is 11.6. The zero-order valence-electron chi connectivity index (χ0n) is 7.41.